The molecular weight excluding hydrogens is 336 g/mol. The zero-order chi connectivity index (χ0) is 19.5. The van der Waals surface area contributed by atoms with E-state index in [4.69, 9.17) is 5.21 Å². The van der Waals surface area contributed by atoms with Crippen LogP contribution in [0.3, 0.4) is 0 Å². The van der Waals surface area contributed by atoms with Gasteiger partial charge >= 0.3 is 0 Å². The molecule has 1 aromatic rings. The summed E-state index contributed by atoms with van der Waals surface area (Å²) in [6.07, 6.45) is 7.94. The fraction of sp³-hybridized carbons (Fsp3) is 0.611. The van der Waals surface area contributed by atoms with Gasteiger partial charge in [0.1, 0.15) is 0 Å². The predicted octanol–water partition coefficient (Wildman–Crippen LogP) is 2.43. The number of carbonyl (C=O) groups is 3. The Labute approximate surface area is 153 Å². The van der Waals surface area contributed by atoms with Crippen LogP contribution in [0.2, 0.25) is 0 Å². The lowest BCUT2D eigenvalue weighted by molar-refractivity contribution is -0.130. The van der Waals surface area contributed by atoms with Crippen molar-refractivity contribution in [1.82, 2.24) is 20.6 Å². The number of nitrogens with one attached hydrogen (secondary N) is 1. The molecule has 0 aromatic carbocycles. The standard InChI is InChI=1S/C18H28N4O4/c1-4-5-6-7-8-9-10-15(23)22(3)18(25)16-14(11-12-19-20-16)13(2)17(24)21-26/h11-13,26H,4-10H2,1-3H3,(H,21,24)/t13-/m0/s1. The average Bonchev–Trinajstić information content (AvgIpc) is 2.67. The van der Waals surface area contributed by atoms with Gasteiger partial charge in [0.05, 0.1) is 5.92 Å². The number of nitrogens with zero attached hydrogens (tertiary/aromatic N) is 3. The number of amides is 3. The van der Waals surface area contributed by atoms with E-state index in [-0.39, 0.29) is 18.0 Å². The van der Waals surface area contributed by atoms with E-state index in [1.807, 2.05) is 0 Å². The number of unbranched alkanes of at least 4 members (excludes halogenated alkanes) is 5. The van der Waals surface area contributed by atoms with Crippen LogP contribution in [0.4, 0.5) is 0 Å². The molecule has 0 saturated carbocycles. The maximum absolute atomic E-state index is 12.6. The number of hydrogen-bond acceptors (Lipinski definition) is 6. The number of imide groups is 1. The number of rotatable bonds is 10. The second kappa shape index (κ2) is 11.3. The Morgan fingerprint density at radius 3 is 2.50 bits per heavy atom. The van der Waals surface area contributed by atoms with Gasteiger partial charge in [-0.25, -0.2) is 5.48 Å². The molecule has 2 N–H and O–H groups in total. The Kier molecular flexibility index (Phi) is 9.43. The SMILES string of the molecule is CCCCCCCCC(=O)N(C)C(=O)c1nnccc1[C@H](C)C(=O)NO. The molecule has 26 heavy (non-hydrogen) atoms. The Morgan fingerprint density at radius 2 is 1.85 bits per heavy atom. The first-order valence-corrected chi connectivity index (χ1v) is 9.00. The monoisotopic (exact) mass is 364 g/mol. The van der Waals surface area contributed by atoms with Gasteiger partial charge < -0.3 is 0 Å². The lowest BCUT2D eigenvalue weighted by Crippen LogP contribution is -2.35. The van der Waals surface area contributed by atoms with E-state index in [1.54, 1.807) is 5.48 Å². The maximum atomic E-state index is 12.6. The van der Waals surface area contributed by atoms with Crippen molar-refractivity contribution >= 4 is 17.7 Å². The molecule has 0 saturated heterocycles. The fourth-order valence-corrected chi connectivity index (χ4v) is 2.59. The Balaban J connectivity index is 2.70. The fourth-order valence-electron chi connectivity index (χ4n) is 2.59. The number of carbonyl (C=O) groups excluding carboxylic acids is 3. The largest absolute Gasteiger partial charge is 0.289 e. The highest BCUT2D eigenvalue weighted by molar-refractivity contribution is 6.04. The first-order chi connectivity index (χ1) is 12.4. The average molecular weight is 364 g/mol. The molecule has 0 bridgehead atoms. The molecule has 1 aromatic heterocycles. The molecule has 0 unspecified atom stereocenters. The molecule has 0 spiro atoms. The van der Waals surface area contributed by atoms with E-state index in [1.165, 1.54) is 39.1 Å². The molecule has 0 aliphatic rings. The summed E-state index contributed by atoms with van der Waals surface area (Å²) in [5.41, 5.74) is 1.79. The van der Waals surface area contributed by atoms with Crippen molar-refractivity contribution in [3.05, 3.63) is 23.5 Å². The van der Waals surface area contributed by atoms with Crippen molar-refractivity contribution in [3.8, 4) is 0 Å². The van der Waals surface area contributed by atoms with Gasteiger partial charge in [-0.2, -0.15) is 5.10 Å². The van der Waals surface area contributed by atoms with Crippen LogP contribution < -0.4 is 5.48 Å². The summed E-state index contributed by atoms with van der Waals surface area (Å²) < 4.78 is 0. The summed E-state index contributed by atoms with van der Waals surface area (Å²) in [6.45, 7) is 3.67. The van der Waals surface area contributed by atoms with Gasteiger partial charge in [-0.05, 0) is 25.0 Å². The molecule has 1 heterocycles. The van der Waals surface area contributed by atoms with Crippen LogP contribution in [-0.2, 0) is 9.59 Å². The van der Waals surface area contributed by atoms with Gasteiger partial charge in [0.25, 0.3) is 11.8 Å². The first kappa shape index (κ1) is 21.7. The van der Waals surface area contributed by atoms with E-state index < -0.39 is 17.7 Å². The van der Waals surface area contributed by atoms with Gasteiger partial charge in [-0.3, -0.25) is 24.5 Å². The minimum absolute atomic E-state index is 0.0672. The third-order valence-electron chi connectivity index (χ3n) is 4.35. The highest BCUT2D eigenvalue weighted by atomic mass is 16.5. The predicted molar refractivity (Wildman–Crippen MR) is 95.5 cm³/mol. The summed E-state index contributed by atoms with van der Waals surface area (Å²) in [4.78, 5) is 37.5. The topological polar surface area (TPSA) is 112 Å². The van der Waals surface area contributed by atoms with E-state index >= 15 is 0 Å². The van der Waals surface area contributed by atoms with Crippen LogP contribution in [0.1, 0.15) is 80.8 Å². The third-order valence-corrected chi connectivity index (χ3v) is 4.35. The Bertz CT molecular complexity index is 621. The number of aromatic nitrogens is 2. The smallest absolute Gasteiger partial charge is 0.281 e. The lowest BCUT2D eigenvalue weighted by atomic mass is 9.99. The highest BCUT2D eigenvalue weighted by Gasteiger charge is 2.27. The molecule has 8 nitrogen and oxygen atoms in total. The van der Waals surface area contributed by atoms with Crippen LogP contribution >= 0.6 is 0 Å². The third kappa shape index (κ3) is 6.18. The minimum Gasteiger partial charge on any atom is -0.289 e. The highest BCUT2D eigenvalue weighted by Crippen LogP contribution is 2.19. The van der Waals surface area contributed by atoms with Crippen LogP contribution in [0.15, 0.2) is 12.3 Å². The van der Waals surface area contributed by atoms with Crippen molar-refractivity contribution < 1.29 is 19.6 Å². The van der Waals surface area contributed by atoms with Crippen molar-refractivity contribution in [2.45, 2.75) is 64.7 Å². The number of hydrogen-bond donors (Lipinski definition) is 2. The molecule has 1 atom stereocenters. The molecule has 0 fully saturated rings. The molecule has 0 aliphatic heterocycles. The van der Waals surface area contributed by atoms with E-state index in [0.29, 0.717) is 5.56 Å². The van der Waals surface area contributed by atoms with Crippen LogP contribution in [0.5, 0.6) is 0 Å². The van der Waals surface area contributed by atoms with Crippen molar-refractivity contribution in [1.29, 1.82) is 0 Å². The van der Waals surface area contributed by atoms with Gasteiger partial charge in [0.2, 0.25) is 5.91 Å². The summed E-state index contributed by atoms with van der Waals surface area (Å²) in [5.74, 6) is -2.38. The zero-order valence-electron chi connectivity index (χ0n) is 15.7. The van der Waals surface area contributed by atoms with Crippen LogP contribution in [-0.4, -0.2) is 45.1 Å². The van der Waals surface area contributed by atoms with E-state index in [9.17, 15) is 14.4 Å². The molecule has 0 radical (unpaired) electrons. The van der Waals surface area contributed by atoms with Crippen LogP contribution in [0, 0.1) is 0 Å². The summed E-state index contributed by atoms with van der Waals surface area (Å²) in [7, 11) is 1.40. The first-order valence-electron chi connectivity index (χ1n) is 9.00. The van der Waals surface area contributed by atoms with Gasteiger partial charge in [-0.1, -0.05) is 39.0 Å². The zero-order valence-corrected chi connectivity index (χ0v) is 15.7. The summed E-state index contributed by atoms with van der Waals surface area (Å²) >= 11 is 0. The normalized spacial score (nSPS) is 11.7. The second-order valence-corrected chi connectivity index (χ2v) is 6.31. The van der Waals surface area contributed by atoms with Gasteiger partial charge in [-0.15, -0.1) is 5.10 Å². The van der Waals surface area contributed by atoms with Crippen molar-refractivity contribution in [3.63, 3.8) is 0 Å². The molecule has 0 aliphatic carbocycles. The Morgan fingerprint density at radius 1 is 1.19 bits per heavy atom. The minimum atomic E-state index is -0.809. The van der Waals surface area contributed by atoms with Crippen LogP contribution in [0.25, 0.3) is 0 Å². The van der Waals surface area contributed by atoms with Crippen molar-refractivity contribution in [2.24, 2.45) is 0 Å². The summed E-state index contributed by atoms with van der Waals surface area (Å²) in [6, 6.07) is 1.48. The molecular formula is C18H28N4O4. The van der Waals surface area contributed by atoms with Gasteiger partial charge in [0.15, 0.2) is 5.69 Å². The van der Waals surface area contributed by atoms with Gasteiger partial charge in [0, 0.05) is 19.7 Å². The second-order valence-electron chi connectivity index (χ2n) is 6.31. The Hall–Kier alpha value is -2.35. The molecule has 144 valence electrons. The molecule has 1 rings (SSSR count). The molecule has 3 amide bonds. The lowest BCUT2D eigenvalue weighted by Gasteiger charge is -2.18. The van der Waals surface area contributed by atoms with E-state index in [2.05, 4.69) is 17.1 Å². The number of hydroxylamine groups is 1. The quantitative estimate of drug-likeness (QED) is 0.374. The van der Waals surface area contributed by atoms with E-state index in [0.717, 1.165) is 30.6 Å². The maximum Gasteiger partial charge on any atom is 0.281 e. The summed E-state index contributed by atoms with van der Waals surface area (Å²) in [5, 5.41) is 16.3. The molecule has 8 heteroatoms. The van der Waals surface area contributed by atoms with Crippen molar-refractivity contribution in [2.75, 3.05) is 7.05 Å².